The lowest BCUT2D eigenvalue weighted by Gasteiger charge is -2.59. The average Bonchev–Trinajstić information content (AvgIpc) is 2.85. The first kappa shape index (κ1) is 20.8. The van der Waals surface area contributed by atoms with Gasteiger partial charge in [0.2, 0.25) is 0 Å². The summed E-state index contributed by atoms with van der Waals surface area (Å²) in [6, 6.07) is 0. The number of esters is 1. The topological polar surface area (TPSA) is 63.6 Å². The van der Waals surface area contributed by atoms with Crippen LogP contribution in [0.15, 0.2) is 23.3 Å². The van der Waals surface area contributed by atoms with Crippen molar-refractivity contribution in [2.75, 3.05) is 0 Å². The Kier molecular flexibility index (Phi) is 4.70. The Morgan fingerprint density at radius 2 is 1.76 bits per heavy atom. The van der Waals surface area contributed by atoms with E-state index in [1.54, 1.807) is 6.92 Å². The van der Waals surface area contributed by atoms with E-state index in [1.807, 2.05) is 0 Å². The Bertz CT molecular complexity index is 810. The number of allylic oxidation sites excluding steroid dienone is 1. The molecule has 0 aromatic rings. The van der Waals surface area contributed by atoms with Crippen molar-refractivity contribution in [2.45, 2.75) is 91.3 Å². The second kappa shape index (κ2) is 6.54. The standard InChI is InChI=1S/C25H36O4/c1-14-11-19-20(23(5)9-7-18(28)13-21(14)23)8-10-24(6)22(19)12-15(2)25(24,16(3)26)29-17(4)27/h18-20,22,28H,2,7-13H2,1,3-6H3/t18-,19+,20-,22-,23-,24-,25-/m1/s1. The van der Waals surface area contributed by atoms with Gasteiger partial charge in [-0.3, -0.25) is 9.59 Å². The Hall–Kier alpha value is -1.42. The first-order valence-electron chi connectivity index (χ1n) is 11.2. The maximum absolute atomic E-state index is 13.0. The molecule has 0 radical (unpaired) electrons. The molecule has 3 saturated carbocycles. The van der Waals surface area contributed by atoms with Crippen molar-refractivity contribution >= 4 is 11.8 Å². The number of Topliss-reactive ketones (excluding diaryl/α,β-unsaturated/α-hetero) is 1. The molecule has 0 aliphatic heterocycles. The van der Waals surface area contributed by atoms with Crippen LogP contribution in [0.1, 0.15) is 79.6 Å². The fraction of sp³-hybridized carbons (Fsp3) is 0.760. The molecule has 4 aliphatic rings. The van der Waals surface area contributed by atoms with Crippen LogP contribution in [-0.2, 0) is 14.3 Å². The van der Waals surface area contributed by atoms with Crippen molar-refractivity contribution in [1.29, 1.82) is 0 Å². The SMILES string of the molecule is C=C1C[C@@H]2[C@H]3CC(C)=C4C[C@H](O)CC[C@]4(C)[C@@H]3CC[C@@]2(C)[C@]1(OC(C)=O)C(C)=O. The summed E-state index contributed by atoms with van der Waals surface area (Å²) in [6.07, 6.45) is 6.18. The van der Waals surface area contributed by atoms with Crippen molar-refractivity contribution in [3.8, 4) is 0 Å². The second-order valence-corrected chi connectivity index (χ2v) is 10.7. The summed E-state index contributed by atoms with van der Waals surface area (Å²) in [5, 5.41) is 10.3. The molecule has 1 N–H and O–H groups in total. The quantitative estimate of drug-likeness (QED) is 0.536. The number of fused-ring (bicyclic) bond motifs is 5. The van der Waals surface area contributed by atoms with Crippen LogP contribution < -0.4 is 0 Å². The van der Waals surface area contributed by atoms with E-state index >= 15 is 0 Å². The maximum atomic E-state index is 13.0. The Morgan fingerprint density at radius 3 is 2.38 bits per heavy atom. The first-order valence-corrected chi connectivity index (χ1v) is 11.2. The third-order valence-electron chi connectivity index (χ3n) is 9.39. The van der Waals surface area contributed by atoms with Gasteiger partial charge in [-0.15, -0.1) is 0 Å². The number of aliphatic hydroxyl groups is 1. The lowest BCUT2D eigenvalue weighted by Crippen LogP contribution is -2.59. The molecule has 4 rings (SSSR count). The summed E-state index contributed by atoms with van der Waals surface area (Å²) in [4.78, 5) is 25.0. The van der Waals surface area contributed by atoms with Gasteiger partial charge in [-0.25, -0.2) is 0 Å². The molecule has 7 atom stereocenters. The zero-order chi connectivity index (χ0) is 21.4. The molecule has 0 aromatic heterocycles. The summed E-state index contributed by atoms with van der Waals surface area (Å²) in [5.74, 6) is 0.820. The lowest BCUT2D eigenvalue weighted by molar-refractivity contribution is -0.181. The Morgan fingerprint density at radius 1 is 1.07 bits per heavy atom. The third-order valence-corrected chi connectivity index (χ3v) is 9.39. The molecule has 4 nitrogen and oxygen atoms in total. The van der Waals surface area contributed by atoms with Crippen LogP contribution in [0.5, 0.6) is 0 Å². The van der Waals surface area contributed by atoms with Crippen molar-refractivity contribution in [3.05, 3.63) is 23.3 Å². The van der Waals surface area contributed by atoms with Crippen molar-refractivity contribution in [3.63, 3.8) is 0 Å². The van der Waals surface area contributed by atoms with Crippen molar-refractivity contribution < 1.29 is 19.4 Å². The van der Waals surface area contributed by atoms with E-state index in [-0.39, 0.29) is 23.2 Å². The fourth-order valence-electron chi connectivity index (χ4n) is 8.17. The van der Waals surface area contributed by atoms with E-state index in [0.717, 1.165) is 50.5 Å². The van der Waals surface area contributed by atoms with E-state index in [2.05, 4.69) is 27.4 Å². The van der Waals surface area contributed by atoms with Gasteiger partial charge >= 0.3 is 5.97 Å². The molecule has 0 unspecified atom stereocenters. The van der Waals surface area contributed by atoms with Gasteiger partial charge in [-0.2, -0.15) is 0 Å². The minimum atomic E-state index is -1.18. The van der Waals surface area contributed by atoms with Gasteiger partial charge in [0, 0.05) is 12.3 Å². The lowest BCUT2D eigenvalue weighted by atomic mass is 9.45. The molecule has 3 fully saturated rings. The van der Waals surface area contributed by atoms with Crippen molar-refractivity contribution in [2.24, 2.45) is 28.6 Å². The first-order chi connectivity index (χ1) is 13.5. The Labute approximate surface area is 174 Å². The van der Waals surface area contributed by atoms with Gasteiger partial charge < -0.3 is 9.84 Å². The molecule has 160 valence electrons. The second-order valence-electron chi connectivity index (χ2n) is 10.7. The van der Waals surface area contributed by atoms with E-state index in [4.69, 9.17) is 4.74 Å². The van der Waals surface area contributed by atoms with Gasteiger partial charge in [-0.1, -0.05) is 31.6 Å². The number of hydrogen-bond donors (Lipinski definition) is 1. The molecule has 0 bridgehead atoms. The Balaban J connectivity index is 1.78. The maximum Gasteiger partial charge on any atom is 0.303 e. The molecule has 0 spiro atoms. The molecule has 0 aromatic carbocycles. The summed E-state index contributed by atoms with van der Waals surface area (Å²) < 4.78 is 5.86. The minimum absolute atomic E-state index is 0.0862. The largest absolute Gasteiger partial charge is 0.446 e. The molecule has 29 heavy (non-hydrogen) atoms. The number of ketones is 1. The highest BCUT2D eigenvalue weighted by Crippen LogP contribution is 2.69. The number of carbonyl (C=O) groups excluding carboxylic acids is 2. The molecule has 0 saturated heterocycles. The number of ether oxygens (including phenoxy) is 1. The average molecular weight is 401 g/mol. The van der Waals surface area contributed by atoms with Crippen LogP contribution in [0.3, 0.4) is 0 Å². The number of hydrogen-bond acceptors (Lipinski definition) is 4. The summed E-state index contributed by atoms with van der Waals surface area (Å²) in [5.41, 5.74) is 2.25. The summed E-state index contributed by atoms with van der Waals surface area (Å²) in [7, 11) is 0. The smallest absolute Gasteiger partial charge is 0.303 e. The number of rotatable bonds is 2. The molecule has 0 heterocycles. The monoisotopic (exact) mass is 400 g/mol. The van der Waals surface area contributed by atoms with E-state index in [1.165, 1.54) is 18.1 Å². The highest BCUT2D eigenvalue weighted by Gasteiger charge is 2.69. The zero-order valence-corrected chi connectivity index (χ0v) is 18.6. The predicted molar refractivity (Wildman–Crippen MR) is 112 cm³/mol. The van der Waals surface area contributed by atoms with Gasteiger partial charge in [0.05, 0.1) is 6.10 Å². The molecule has 4 heteroatoms. The number of carbonyl (C=O) groups is 2. The normalized spacial score (nSPS) is 46.6. The molecule has 0 amide bonds. The van der Waals surface area contributed by atoms with Crippen LogP contribution in [0, 0.1) is 28.6 Å². The van der Waals surface area contributed by atoms with Crippen LogP contribution in [0.2, 0.25) is 0 Å². The van der Waals surface area contributed by atoms with Crippen LogP contribution in [0.25, 0.3) is 0 Å². The van der Waals surface area contributed by atoms with Crippen molar-refractivity contribution in [1.82, 2.24) is 0 Å². The van der Waals surface area contributed by atoms with Crippen LogP contribution in [-0.4, -0.2) is 28.6 Å². The van der Waals surface area contributed by atoms with Gasteiger partial charge in [0.1, 0.15) is 0 Å². The molecular formula is C25H36O4. The van der Waals surface area contributed by atoms with E-state index in [0.29, 0.717) is 11.8 Å². The highest BCUT2D eigenvalue weighted by molar-refractivity contribution is 5.92. The predicted octanol–water partition coefficient (Wildman–Crippen LogP) is 4.76. The van der Waals surface area contributed by atoms with E-state index in [9.17, 15) is 14.7 Å². The highest BCUT2D eigenvalue weighted by atomic mass is 16.6. The summed E-state index contributed by atoms with van der Waals surface area (Å²) in [6.45, 7) is 14.0. The van der Waals surface area contributed by atoms with Crippen LogP contribution >= 0.6 is 0 Å². The minimum Gasteiger partial charge on any atom is -0.446 e. The van der Waals surface area contributed by atoms with Crippen LogP contribution in [0.4, 0.5) is 0 Å². The summed E-state index contributed by atoms with van der Waals surface area (Å²) >= 11 is 0. The van der Waals surface area contributed by atoms with Gasteiger partial charge in [0.15, 0.2) is 11.4 Å². The van der Waals surface area contributed by atoms with Gasteiger partial charge in [-0.05, 0) is 87.5 Å². The van der Waals surface area contributed by atoms with Gasteiger partial charge in [0.25, 0.3) is 0 Å². The molecular weight excluding hydrogens is 364 g/mol. The number of aliphatic hydroxyl groups excluding tert-OH is 1. The van der Waals surface area contributed by atoms with E-state index < -0.39 is 17.0 Å². The zero-order valence-electron chi connectivity index (χ0n) is 18.6. The third kappa shape index (κ3) is 2.60. The fourth-order valence-corrected chi connectivity index (χ4v) is 8.17. The molecule has 4 aliphatic carbocycles.